The van der Waals surface area contributed by atoms with Gasteiger partial charge in [-0.25, -0.2) is 4.79 Å². The number of hydrogen-bond donors (Lipinski definition) is 2. The van der Waals surface area contributed by atoms with Crippen molar-refractivity contribution in [3.8, 4) is 11.5 Å². The lowest BCUT2D eigenvalue weighted by Gasteiger charge is -2.09. The van der Waals surface area contributed by atoms with Crippen molar-refractivity contribution in [1.29, 1.82) is 0 Å². The second-order valence-electron chi connectivity index (χ2n) is 4.99. The molecule has 0 unspecified atom stereocenters. The summed E-state index contributed by atoms with van der Waals surface area (Å²) in [6.07, 6.45) is 0. The van der Waals surface area contributed by atoms with Gasteiger partial charge in [-0.3, -0.25) is 4.79 Å². The zero-order valence-electron chi connectivity index (χ0n) is 13.1. The number of rotatable bonds is 5. The first-order valence-corrected chi connectivity index (χ1v) is 7.38. The monoisotopic (exact) mass is 349 g/mol. The van der Waals surface area contributed by atoms with Crippen molar-refractivity contribution in [3.63, 3.8) is 0 Å². The number of aromatic hydroxyl groups is 1. The number of carbonyl (C=O) groups is 2. The van der Waals surface area contributed by atoms with Crippen molar-refractivity contribution in [3.05, 3.63) is 52.5 Å². The number of amides is 1. The molecule has 0 aliphatic heterocycles. The van der Waals surface area contributed by atoms with E-state index in [0.717, 1.165) is 5.56 Å². The minimum Gasteiger partial charge on any atom is -0.507 e. The number of ether oxygens (including phenoxy) is 2. The fraction of sp³-hybridized carbons (Fsp3) is 0.176. The lowest BCUT2D eigenvalue weighted by atomic mass is 10.2. The van der Waals surface area contributed by atoms with E-state index in [-0.39, 0.29) is 11.3 Å². The molecule has 2 aromatic rings. The van der Waals surface area contributed by atoms with Gasteiger partial charge in [-0.05, 0) is 36.8 Å². The molecule has 0 radical (unpaired) electrons. The Hall–Kier alpha value is -2.73. The van der Waals surface area contributed by atoms with Crippen LogP contribution in [0.15, 0.2) is 36.4 Å². The number of esters is 1. The van der Waals surface area contributed by atoms with E-state index in [1.807, 2.05) is 6.92 Å². The lowest BCUT2D eigenvalue weighted by Crippen LogP contribution is -2.21. The number of nitrogens with one attached hydrogen (secondary N) is 1. The molecule has 0 bridgehead atoms. The zero-order chi connectivity index (χ0) is 17.7. The Morgan fingerprint density at radius 2 is 1.96 bits per heavy atom. The number of benzene rings is 2. The summed E-state index contributed by atoms with van der Waals surface area (Å²) in [7, 11) is 1.44. The average Bonchev–Trinajstić information content (AvgIpc) is 2.55. The van der Waals surface area contributed by atoms with Crippen LogP contribution in [0.25, 0.3) is 0 Å². The summed E-state index contributed by atoms with van der Waals surface area (Å²) in [6, 6.07) is 9.30. The molecule has 0 spiro atoms. The topological polar surface area (TPSA) is 84.9 Å². The second-order valence-corrected chi connectivity index (χ2v) is 5.40. The van der Waals surface area contributed by atoms with Crippen LogP contribution in [0, 0.1) is 6.92 Å². The highest BCUT2D eigenvalue weighted by Crippen LogP contribution is 2.24. The maximum Gasteiger partial charge on any atom is 0.342 e. The smallest absolute Gasteiger partial charge is 0.342 e. The predicted octanol–water partition coefficient (Wildman–Crippen LogP) is 3.16. The van der Waals surface area contributed by atoms with E-state index in [4.69, 9.17) is 21.1 Å². The van der Waals surface area contributed by atoms with E-state index in [9.17, 15) is 14.7 Å². The average molecular weight is 350 g/mol. The molecule has 0 saturated heterocycles. The Balaban J connectivity index is 1.95. The summed E-state index contributed by atoms with van der Waals surface area (Å²) in [5, 5.41) is 12.7. The molecule has 6 nitrogen and oxygen atoms in total. The van der Waals surface area contributed by atoms with Crippen molar-refractivity contribution in [2.24, 2.45) is 0 Å². The molecule has 0 aromatic heterocycles. The quantitative estimate of drug-likeness (QED) is 0.810. The van der Waals surface area contributed by atoms with Gasteiger partial charge in [0, 0.05) is 6.07 Å². The Bertz CT molecular complexity index is 776. The van der Waals surface area contributed by atoms with E-state index in [1.165, 1.54) is 25.3 Å². The first-order valence-electron chi connectivity index (χ1n) is 7.01. The third-order valence-corrected chi connectivity index (χ3v) is 3.47. The molecule has 0 aliphatic rings. The van der Waals surface area contributed by atoms with Gasteiger partial charge in [-0.1, -0.05) is 17.7 Å². The third-order valence-electron chi connectivity index (χ3n) is 3.16. The molecule has 0 saturated carbocycles. The predicted molar refractivity (Wildman–Crippen MR) is 89.8 cm³/mol. The summed E-state index contributed by atoms with van der Waals surface area (Å²) in [4.78, 5) is 23.7. The van der Waals surface area contributed by atoms with Gasteiger partial charge < -0.3 is 19.9 Å². The van der Waals surface area contributed by atoms with Crippen molar-refractivity contribution in [1.82, 2.24) is 0 Å². The SMILES string of the molecule is COc1ccc(C(=O)OCC(=O)Nc2ccc(C)cc2Cl)c(O)c1. The number of carbonyl (C=O) groups excluding carboxylic acids is 2. The molecule has 24 heavy (non-hydrogen) atoms. The maximum absolute atomic E-state index is 11.9. The number of hydrogen-bond acceptors (Lipinski definition) is 5. The van der Waals surface area contributed by atoms with Crippen molar-refractivity contribution in [2.75, 3.05) is 19.0 Å². The van der Waals surface area contributed by atoms with Crippen LogP contribution < -0.4 is 10.1 Å². The minimum atomic E-state index is -0.819. The minimum absolute atomic E-state index is 0.0584. The van der Waals surface area contributed by atoms with Gasteiger partial charge in [0.25, 0.3) is 5.91 Å². The molecular formula is C17H16ClNO5. The normalized spacial score (nSPS) is 10.1. The largest absolute Gasteiger partial charge is 0.507 e. The van der Waals surface area contributed by atoms with Crippen LogP contribution >= 0.6 is 11.6 Å². The van der Waals surface area contributed by atoms with Crippen LogP contribution in [0.1, 0.15) is 15.9 Å². The van der Waals surface area contributed by atoms with Gasteiger partial charge in [-0.15, -0.1) is 0 Å². The van der Waals surface area contributed by atoms with Crippen molar-refractivity contribution in [2.45, 2.75) is 6.92 Å². The lowest BCUT2D eigenvalue weighted by molar-refractivity contribution is -0.119. The Morgan fingerprint density at radius 1 is 1.21 bits per heavy atom. The van der Waals surface area contributed by atoms with Crippen LogP contribution in [0.4, 0.5) is 5.69 Å². The molecule has 126 valence electrons. The van der Waals surface area contributed by atoms with Crippen LogP contribution in [0.5, 0.6) is 11.5 Å². The van der Waals surface area contributed by atoms with Gasteiger partial charge >= 0.3 is 5.97 Å². The number of anilines is 1. The van der Waals surface area contributed by atoms with E-state index in [0.29, 0.717) is 16.5 Å². The number of phenolic OH excluding ortho intramolecular Hbond substituents is 1. The van der Waals surface area contributed by atoms with Crippen molar-refractivity contribution >= 4 is 29.2 Å². The summed E-state index contributed by atoms with van der Waals surface area (Å²) in [5.74, 6) is -1.25. The van der Waals surface area contributed by atoms with Gasteiger partial charge in [0.1, 0.15) is 17.1 Å². The van der Waals surface area contributed by atoms with E-state index in [2.05, 4.69) is 5.32 Å². The summed E-state index contributed by atoms with van der Waals surface area (Å²) >= 11 is 6.01. The van der Waals surface area contributed by atoms with Gasteiger partial charge in [0.15, 0.2) is 6.61 Å². The van der Waals surface area contributed by atoms with Gasteiger partial charge in [0.05, 0.1) is 17.8 Å². The molecular weight excluding hydrogens is 334 g/mol. The molecule has 0 fully saturated rings. The number of methoxy groups -OCH3 is 1. The number of halogens is 1. The Morgan fingerprint density at radius 3 is 2.58 bits per heavy atom. The fourth-order valence-electron chi connectivity index (χ4n) is 1.93. The second kappa shape index (κ2) is 7.70. The molecule has 7 heteroatoms. The standard InChI is InChI=1S/C17H16ClNO5/c1-10-3-6-14(13(18)7-10)19-16(21)9-24-17(22)12-5-4-11(23-2)8-15(12)20/h3-8,20H,9H2,1-2H3,(H,19,21). The first-order chi connectivity index (χ1) is 11.4. The highest BCUT2D eigenvalue weighted by molar-refractivity contribution is 6.33. The van der Waals surface area contributed by atoms with E-state index in [1.54, 1.807) is 18.2 Å². The maximum atomic E-state index is 11.9. The van der Waals surface area contributed by atoms with Crippen LogP contribution in [-0.2, 0) is 9.53 Å². The highest BCUT2D eigenvalue weighted by Gasteiger charge is 2.15. The molecule has 2 rings (SSSR count). The van der Waals surface area contributed by atoms with Crippen LogP contribution in [0.3, 0.4) is 0 Å². The first kappa shape index (κ1) is 17.6. The molecule has 0 atom stereocenters. The number of aryl methyl sites for hydroxylation is 1. The molecule has 2 aromatic carbocycles. The van der Waals surface area contributed by atoms with Gasteiger partial charge in [-0.2, -0.15) is 0 Å². The Labute approximate surface area is 144 Å². The van der Waals surface area contributed by atoms with Gasteiger partial charge in [0.2, 0.25) is 0 Å². The molecule has 1 amide bonds. The van der Waals surface area contributed by atoms with Crippen LogP contribution in [-0.4, -0.2) is 30.7 Å². The highest BCUT2D eigenvalue weighted by atomic mass is 35.5. The van der Waals surface area contributed by atoms with E-state index < -0.39 is 18.5 Å². The fourth-order valence-corrected chi connectivity index (χ4v) is 2.21. The zero-order valence-corrected chi connectivity index (χ0v) is 13.9. The summed E-state index contributed by atoms with van der Waals surface area (Å²) in [6.45, 7) is 1.37. The Kier molecular flexibility index (Phi) is 5.65. The summed E-state index contributed by atoms with van der Waals surface area (Å²) < 4.78 is 9.81. The van der Waals surface area contributed by atoms with E-state index >= 15 is 0 Å². The molecule has 2 N–H and O–H groups in total. The molecule has 0 aliphatic carbocycles. The van der Waals surface area contributed by atoms with Crippen molar-refractivity contribution < 1.29 is 24.2 Å². The molecule has 0 heterocycles. The third kappa shape index (κ3) is 4.39. The summed E-state index contributed by atoms with van der Waals surface area (Å²) in [5.41, 5.74) is 1.33. The number of phenols is 1. The van der Waals surface area contributed by atoms with Crippen LogP contribution in [0.2, 0.25) is 5.02 Å².